The van der Waals surface area contributed by atoms with Crippen LogP contribution in [0, 0.1) is 0 Å². The summed E-state index contributed by atoms with van der Waals surface area (Å²) in [4.78, 5) is 11.5. The maximum absolute atomic E-state index is 11.5. The average Bonchev–Trinajstić information content (AvgIpc) is 2.12. The molecule has 0 spiro atoms. The van der Waals surface area contributed by atoms with Crippen molar-refractivity contribution in [2.75, 3.05) is 13.7 Å². The zero-order chi connectivity index (χ0) is 10.5. The lowest BCUT2D eigenvalue weighted by Gasteiger charge is -2.25. The van der Waals surface area contributed by atoms with Crippen LogP contribution in [0.2, 0.25) is 0 Å². The van der Waals surface area contributed by atoms with Gasteiger partial charge in [0.1, 0.15) is 5.60 Å². The van der Waals surface area contributed by atoms with Crippen LogP contribution in [0.5, 0.6) is 0 Å². The van der Waals surface area contributed by atoms with E-state index >= 15 is 0 Å². The number of carbonyl (C=O) groups is 1. The highest BCUT2D eigenvalue weighted by atomic mass is 16.5. The number of nitrogens with two attached hydrogens (primary N) is 1. The number of amides is 1. The molecule has 0 aliphatic heterocycles. The molecule has 0 aromatic carbocycles. The summed E-state index contributed by atoms with van der Waals surface area (Å²) in [5, 5.41) is 2.74. The van der Waals surface area contributed by atoms with Crippen LogP contribution in [0.25, 0.3) is 0 Å². The highest BCUT2D eigenvalue weighted by Crippen LogP contribution is 2.13. The first-order valence-electron chi connectivity index (χ1n) is 4.55. The third-order valence-electron chi connectivity index (χ3n) is 2.19. The average molecular weight is 188 g/mol. The molecule has 13 heavy (non-hydrogen) atoms. The van der Waals surface area contributed by atoms with E-state index in [2.05, 4.69) is 5.32 Å². The Kier molecular flexibility index (Phi) is 4.95. The topological polar surface area (TPSA) is 64.3 Å². The Bertz CT molecular complexity index is 165. The highest BCUT2D eigenvalue weighted by Gasteiger charge is 2.30. The van der Waals surface area contributed by atoms with E-state index in [-0.39, 0.29) is 11.9 Å². The lowest BCUT2D eigenvalue weighted by atomic mass is 10.0. The fraction of sp³-hybridized carbons (Fsp3) is 0.889. The molecule has 0 saturated carbocycles. The molecule has 0 bridgehead atoms. The smallest absolute Gasteiger partial charge is 0.251 e. The second-order valence-electron chi connectivity index (χ2n) is 3.48. The second-order valence-corrected chi connectivity index (χ2v) is 3.48. The Labute approximate surface area is 79.8 Å². The zero-order valence-electron chi connectivity index (χ0n) is 8.89. The molecule has 0 fully saturated rings. The van der Waals surface area contributed by atoms with E-state index < -0.39 is 5.60 Å². The Morgan fingerprint density at radius 3 is 2.54 bits per heavy atom. The van der Waals surface area contributed by atoms with Crippen LogP contribution < -0.4 is 11.1 Å². The third kappa shape index (κ3) is 3.74. The summed E-state index contributed by atoms with van der Waals surface area (Å²) in [6.45, 7) is 6.01. The van der Waals surface area contributed by atoms with Crippen LogP contribution >= 0.6 is 0 Å². The molecule has 2 atom stereocenters. The van der Waals surface area contributed by atoms with Crippen LogP contribution in [0.1, 0.15) is 27.2 Å². The second kappa shape index (κ2) is 5.19. The van der Waals surface area contributed by atoms with Crippen LogP contribution in [-0.4, -0.2) is 31.2 Å². The minimum atomic E-state index is -0.727. The van der Waals surface area contributed by atoms with Crippen LogP contribution in [0.15, 0.2) is 0 Å². The number of methoxy groups -OCH3 is 1. The Morgan fingerprint density at radius 1 is 1.69 bits per heavy atom. The number of carbonyl (C=O) groups excluding carboxylic acids is 1. The molecule has 0 aliphatic rings. The molecule has 0 radical (unpaired) electrons. The number of rotatable bonds is 5. The summed E-state index contributed by atoms with van der Waals surface area (Å²) in [7, 11) is 1.54. The lowest BCUT2D eigenvalue weighted by Crippen LogP contribution is -2.48. The van der Waals surface area contributed by atoms with Crippen LogP contribution in [-0.2, 0) is 9.53 Å². The number of hydrogen-bond donors (Lipinski definition) is 2. The van der Waals surface area contributed by atoms with Gasteiger partial charge in [0.05, 0.1) is 0 Å². The number of nitrogens with one attached hydrogen (secondary N) is 1. The van der Waals surface area contributed by atoms with E-state index in [1.165, 1.54) is 7.11 Å². The van der Waals surface area contributed by atoms with Crippen molar-refractivity contribution in [2.45, 2.75) is 38.8 Å². The monoisotopic (exact) mass is 188 g/mol. The number of ether oxygens (including phenoxy) is 1. The van der Waals surface area contributed by atoms with E-state index in [1.54, 1.807) is 6.92 Å². The van der Waals surface area contributed by atoms with Crippen molar-refractivity contribution in [3.63, 3.8) is 0 Å². The molecule has 78 valence electrons. The van der Waals surface area contributed by atoms with Gasteiger partial charge in [-0.2, -0.15) is 0 Å². The molecular weight excluding hydrogens is 168 g/mol. The van der Waals surface area contributed by atoms with E-state index in [0.29, 0.717) is 13.0 Å². The van der Waals surface area contributed by atoms with Crippen molar-refractivity contribution in [1.82, 2.24) is 5.32 Å². The van der Waals surface area contributed by atoms with Crippen molar-refractivity contribution in [3.8, 4) is 0 Å². The predicted molar refractivity (Wildman–Crippen MR) is 52.4 cm³/mol. The summed E-state index contributed by atoms with van der Waals surface area (Å²) >= 11 is 0. The van der Waals surface area contributed by atoms with Gasteiger partial charge in [0.15, 0.2) is 0 Å². The third-order valence-corrected chi connectivity index (χ3v) is 2.19. The molecule has 0 aromatic rings. The fourth-order valence-electron chi connectivity index (χ4n) is 0.838. The summed E-state index contributed by atoms with van der Waals surface area (Å²) < 4.78 is 5.13. The largest absolute Gasteiger partial charge is 0.369 e. The Morgan fingerprint density at radius 2 is 2.23 bits per heavy atom. The predicted octanol–water partition coefficient (Wildman–Crippen LogP) is 0.265. The van der Waals surface area contributed by atoms with E-state index in [0.717, 1.165) is 0 Å². The molecule has 4 nitrogen and oxygen atoms in total. The van der Waals surface area contributed by atoms with Gasteiger partial charge in [-0.3, -0.25) is 4.79 Å². The maximum Gasteiger partial charge on any atom is 0.251 e. The molecule has 0 saturated heterocycles. The van der Waals surface area contributed by atoms with Gasteiger partial charge in [0, 0.05) is 19.7 Å². The normalized spacial score (nSPS) is 17.6. The Balaban J connectivity index is 4.07. The van der Waals surface area contributed by atoms with Gasteiger partial charge in [0.25, 0.3) is 5.91 Å². The lowest BCUT2D eigenvalue weighted by molar-refractivity contribution is -0.141. The summed E-state index contributed by atoms with van der Waals surface area (Å²) in [6.07, 6.45) is 0.647. The molecule has 0 aromatic heterocycles. The summed E-state index contributed by atoms with van der Waals surface area (Å²) in [6, 6.07) is -0.0260. The van der Waals surface area contributed by atoms with Gasteiger partial charge in [-0.1, -0.05) is 6.92 Å². The van der Waals surface area contributed by atoms with Gasteiger partial charge in [0.2, 0.25) is 0 Å². The van der Waals surface area contributed by atoms with Crippen molar-refractivity contribution >= 4 is 5.91 Å². The SMILES string of the molecule is CCC(C)(OC)C(=O)NCC(C)N. The molecular formula is C9H20N2O2. The highest BCUT2D eigenvalue weighted by molar-refractivity contribution is 5.84. The molecule has 4 heteroatoms. The van der Waals surface area contributed by atoms with E-state index in [4.69, 9.17) is 10.5 Å². The van der Waals surface area contributed by atoms with Crippen molar-refractivity contribution in [3.05, 3.63) is 0 Å². The van der Waals surface area contributed by atoms with Gasteiger partial charge in [-0.25, -0.2) is 0 Å². The molecule has 0 heterocycles. The van der Waals surface area contributed by atoms with Crippen molar-refractivity contribution in [2.24, 2.45) is 5.73 Å². The van der Waals surface area contributed by atoms with Gasteiger partial charge >= 0.3 is 0 Å². The molecule has 3 N–H and O–H groups in total. The minimum Gasteiger partial charge on any atom is -0.369 e. The molecule has 1 amide bonds. The first kappa shape index (κ1) is 12.4. The molecule has 0 rings (SSSR count). The fourth-order valence-corrected chi connectivity index (χ4v) is 0.838. The van der Waals surface area contributed by atoms with Crippen molar-refractivity contribution in [1.29, 1.82) is 0 Å². The quantitative estimate of drug-likeness (QED) is 0.650. The van der Waals surface area contributed by atoms with Crippen LogP contribution in [0.4, 0.5) is 0 Å². The molecule has 0 aliphatic carbocycles. The number of hydrogen-bond acceptors (Lipinski definition) is 3. The maximum atomic E-state index is 11.5. The molecule has 2 unspecified atom stereocenters. The summed E-state index contributed by atoms with van der Waals surface area (Å²) in [5.74, 6) is -0.102. The van der Waals surface area contributed by atoms with E-state index in [1.807, 2.05) is 13.8 Å². The van der Waals surface area contributed by atoms with E-state index in [9.17, 15) is 4.79 Å². The van der Waals surface area contributed by atoms with Crippen molar-refractivity contribution < 1.29 is 9.53 Å². The Hall–Kier alpha value is -0.610. The first-order chi connectivity index (χ1) is 5.96. The minimum absolute atomic E-state index is 0.0260. The van der Waals surface area contributed by atoms with Gasteiger partial charge in [-0.15, -0.1) is 0 Å². The zero-order valence-corrected chi connectivity index (χ0v) is 8.89. The van der Waals surface area contributed by atoms with Gasteiger partial charge in [-0.05, 0) is 20.3 Å². The standard InChI is InChI=1S/C9H20N2O2/c1-5-9(3,13-4)8(12)11-6-7(2)10/h7H,5-6,10H2,1-4H3,(H,11,12). The summed E-state index contributed by atoms with van der Waals surface area (Å²) in [5.41, 5.74) is 4.78. The van der Waals surface area contributed by atoms with Crippen LogP contribution in [0.3, 0.4) is 0 Å². The van der Waals surface area contributed by atoms with Gasteiger partial charge < -0.3 is 15.8 Å². The first-order valence-corrected chi connectivity index (χ1v) is 4.55.